The Balaban J connectivity index is 0. The molecule has 0 bridgehead atoms. The highest BCUT2D eigenvalue weighted by Gasteiger charge is 1.98. The van der Waals surface area contributed by atoms with Gasteiger partial charge in [0.05, 0.1) is 6.61 Å². The Morgan fingerprint density at radius 3 is 2.42 bits per heavy atom. The van der Waals surface area contributed by atoms with Crippen LogP contribution in [0.25, 0.3) is 0 Å². The minimum atomic E-state index is 0. The zero-order valence-electron chi connectivity index (χ0n) is 7.72. The normalized spacial score (nSPS) is 9.67. The van der Waals surface area contributed by atoms with Crippen molar-refractivity contribution in [3.05, 3.63) is 0 Å². The SMILES string of the molecule is C.CCC(=O)CCOCC(C)C. The number of Topliss-reactive ketones (excluding diaryl/α,β-unsaturated/α-hetero) is 1. The molecule has 2 nitrogen and oxygen atoms in total. The third-order valence-electron chi connectivity index (χ3n) is 1.37. The van der Waals surface area contributed by atoms with Crippen LogP contribution in [0, 0.1) is 5.92 Å². The van der Waals surface area contributed by atoms with Crippen LogP contribution in [-0.4, -0.2) is 19.0 Å². The number of rotatable bonds is 6. The molecule has 0 radical (unpaired) electrons. The van der Waals surface area contributed by atoms with E-state index in [9.17, 15) is 4.79 Å². The van der Waals surface area contributed by atoms with Gasteiger partial charge in [0, 0.05) is 19.4 Å². The van der Waals surface area contributed by atoms with Crippen molar-refractivity contribution in [1.29, 1.82) is 0 Å². The minimum absolute atomic E-state index is 0. The summed E-state index contributed by atoms with van der Waals surface area (Å²) in [6.07, 6.45) is 1.20. The van der Waals surface area contributed by atoms with Gasteiger partial charge in [0.2, 0.25) is 0 Å². The number of carbonyl (C=O) groups is 1. The Hall–Kier alpha value is -0.370. The molecule has 74 valence electrons. The van der Waals surface area contributed by atoms with E-state index >= 15 is 0 Å². The maximum atomic E-state index is 10.8. The summed E-state index contributed by atoms with van der Waals surface area (Å²) in [4.78, 5) is 10.8. The summed E-state index contributed by atoms with van der Waals surface area (Å²) < 4.78 is 5.25. The first-order chi connectivity index (χ1) is 5.16. The van der Waals surface area contributed by atoms with Gasteiger partial charge in [-0.15, -0.1) is 0 Å². The number of ether oxygens (including phenoxy) is 1. The van der Waals surface area contributed by atoms with Gasteiger partial charge in [-0.2, -0.15) is 0 Å². The van der Waals surface area contributed by atoms with Crippen LogP contribution in [-0.2, 0) is 9.53 Å². The lowest BCUT2D eigenvalue weighted by Crippen LogP contribution is -2.06. The predicted molar refractivity (Wildman–Crippen MR) is 52.3 cm³/mol. The average Bonchev–Trinajstić information content (AvgIpc) is 1.97. The van der Waals surface area contributed by atoms with Gasteiger partial charge in [-0.25, -0.2) is 0 Å². The molecule has 0 rings (SSSR count). The van der Waals surface area contributed by atoms with E-state index in [1.54, 1.807) is 0 Å². The van der Waals surface area contributed by atoms with Crippen molar-refractivity contribution in [3.8, 4) is 0 Å². The molecule has 0 spiro atoms. The molecule has 0 aromatic heterocycles. The van der Waals surface area contributed by atoms with Gasteiger partial charge in [0.25, 0.3) is 0 Å². The van der Waals surface area contributed by atoms with E-state index in [-0.39, 0.29) is 13.2 Å². The molecule has 0 unspecified atom stereocenters. The standard InChI is InChI=1S/C9H18O2.CH4/c1-4-9(10)5-6-11-7-8(2)3;/h8H,4-7H2,1-3H3;1H4. The van der Waals surface area contributed by atoms with Crippen LogP contribution in [0.2, 0.25) is 0 Å². The summed E-state index contributed by atoms with van der Waals surface area (Å²) in [6.45, 7) is 7.43. The van der Waals surface area contributed by atoms with Crippen molar-refractivity contribution in [2.45, 2.75) is 41.0 Å². The van der Waals surface area contributed by atoms with Crippen LogP contribution in [0.5, 0.6) is 0 Å². The topological polar surface area (TPSA) is 26.3 Å². The zero-order valence-corrected chi connectivity index (χ0v) is 7.72. The maximum absolute atomic E-state index is 10.8. The lowest BCUT2D eigenvalue weighted by atomic mass is 10.2. The summed E-state index contributed by atoms with van der Waals surface area (Å²) in [7, 11) is 0. The van der Waals surface area contributed by atoms with Crippen LogP contribution in [0.3, 0.4) is 0 Å². The Kier molecular flexibility index (Phi) is 10.3. The minimum Gasteiger partial charge on any atom is -0.381 e. The molecule has 0 aliphatic carbocycles. The Labute approximate surface area is 76.3 Å². The first-order valence-corrected chi connectivity index (χ1v) is 4.26. The smallest absolute Gasteiger partial charge is 0.134 e. The fourth-order valence-electron chi connectivity index (χ4n) is 0.682. The summed E-state index contributed by atoms with van der Waals surface area (Å²) in [5.41, 5.74) is 0. The van der Waals surface area contributed by atoms with E-state index in [2.05, 4.69) is 13.8 Å². The summed E-state index contributed by atoms with van der Waals surface area (Å²) in [5.74, 6) is 0.848. The van der Waals surface area contributed by atoms with E-state index in [0.717, 1.165) is 6.61 Å². The quantitative estimate of drug-likeness (QED) is 0.579. The monoisotopic (exact) mass is 174 g/mol. The average molecular weight is 174 g/mol. The van der Waals surface area contributed by atoms with E-state index in [0.29, 0.717) is 25.4 Å². The van der Waals surface area contributed by atoms with E-state index < -0.39 is 0 Å². The number of ketones is 1. The summed E-state index contributed by atoms with van der Waals surface area (Å²) in [5, 5.41) is 0. The van der Waals surface area contributed by atoms with Crippen LogP contribution >= 0.6 is 0 Å². The highest BCUT2D eigenvalue weighted by molar-refractivity contribution is 5.78. The molecule has 0 N–H and O–H groups in total. The molecule has 0 aromatic carbocycles. The lowest BCUT2D eigenvalue weighted by molar-refractivity contribution is -0.119. The fraction of sp³-hybridized carbons (Fsp3) is 0.900. The molecular weight excluding hydrogens is 152 g/mol. The van der Waals surface area contributed by atoms with Gasteiger partial charge in [0.15, 0.2) is 0 Å². The molecule has 0 aliphatic heterocycles. The first-order valence-electron chi connectivity index (χ1n) is 4.26. The van der Waals surface area contributed by atoms with Crippen LogP contribution in [0.4, 0.5) is 0 Å². The molecule has 0 amide bonds. The van der Waals surface area contributed by atoms with Crippen LogP contribution in [0.15, 0.2) is 0 Å². The highest BCUT2D eigenvalue weighted by atomic mass is 16.5. The highest BCUT2D eigenvalue weighted by Crippen LogP contribution is 1.95. The maximum Gasteiger partial charge on any atom is 0.134 e. The van der Waals surface area contributed by atoms with Gasteiger partial charge in [-0.05, 0) is 5.92 Å². The van der Waals surface area contributed by atoms with Crippen molar-refractivity contribution in [1.82, 2.24) is 0 Å². The fourth-order valence-corrected chi connectivity index (χ4v) is 0.682. The van der Waals surface area contributed by atoms with Gasteiger partial charge in [-0.3, -0.25) is 4.79 Å². The van der Waals surface area contributed by atoms with Crippen LogP contribution < -0.4 is 0 Å². The molecule has 0 aromatic rings. The second-order valence-electron chi connectivity index (χ2n) is 3.11. The van der Waals surface area contributed by atoms with Crippen molar-refractivity contribution in [2.24, 2.45) is 5.92 Å². The molecule has 2 heteroatoms. The Morgan fingerprint density at radius 2 is 2.00 bits per heavy atom. The molecular formula is C10H22O2. The molecule has 12 heavy (non-hydrogen) atoms. The van der Waals surface area contributed by atoms with E-state index in [1.807, 2.05) is 6.92 Å². The van der Waals surface area contributed by atoms with Crippen LogP contribution in [0.1, 0.15) is 41.0 Å². The summed E-state index contributed by atoms with van der Waals surface area (Å²) >= 11 is 0. The van der Waals surface area contributed by atoms with Crippen molar-refractivity contribution in [3.63, 3.8) is 0 Å². The third-order valence-corrected chi connectivity index (χ3v) is 1.37. The van der Waals surface area contributed by atoms with Gasteiger partial charge in [0.1, 0.15) is 5.78 Å². The van der Waals surface area contributed by atoms with E-state index in [1.165, 1.54) is 0 Å². The van der Waals surface area contributed by atoms with Gasteiger partial charge >= 0.3 is 0 Å². The first kappa shape index (κ1) is 14.2. The molecule has 0 heterocycles. The second-order valence-corrected chi connectivity index (χ2v) is 3.11. The molecule has 0 saturated heterocycles. The Morgan fingerprint density at radius 1 is 1.42 bits per heavy atom. The van der Waals surface area contributed by atoms with Crippen molar-refractivity contribution >= 4 is 5.78 Å². The number of hydrogen-bond donors (Lipinski definition) is 0. The van der Waals surface area contributed by atoms with E-state index in [4.69, 9.17) is 4.74 Å². The van der Waals surface area contributed by atoms with Gasteiger partial charge in [-0.1, -0.05) is 28.2 Å². The van der Waals surface area contributed by atoms with Crippen molar-refractivity contribution in [2.75, 3.05) is 13.2 Å². The predicted octanol–water partition coefficient (Wildman–Crippen LogP) is 2.66. The summed E-state index contributed by atoms with van der Waals surface area (Å²) in [6, 6.07) is 0. The molecule has 0 fully saturated rings. The number of carbonyl (C=O) groups excluding carboxylic acids is 1. The largest absolute Gasteiger partial charge is 0.381 e. The zero-order chi connectivity index (χ0) is 8.69. The molecule has 0 saturated carbocycles. The Bertz CT molecular complexity index is 108. The lowest BCUT2D eigenvalue weighted by Gasteiger charge is -2.04. The second kappa shape index (κ2) is 8.72. The van der Waals surface area contributed by atoms with Gasteiger partial charge < -0.3 is 4.74 Å². The van der Waals surface area contributed by atoms with Crippen molar-refractivity contribution < 1.29 is 9.53 Å². The molecule has 0 aliphatic rings. The molecule has 0 atom stereocenters. The third kappa shape index (κ3) is 9.63. The number of hydrogen-bond acceptors (Lipinski definition) is 2.